The fourth-order valence-electron chi connectivity index (χ4n) is 4.21. The van der Waals surface area contributed by atoms with Gasteiger partial charge in [0.05, 0.1) is 19.3 Å². The Labute approximate surface area is 138 Å². The third-order valence-corrected chi connectivity index (χ3v) is 5.58. The van der Waals surface area contributed by atoms with E-state index in [1.54, 1.807) is 6.92 Å². The maximum Gasteiger partial charge on any atom is 0.240 e. The number of hydrogen-bond acceptors (Lipinski definition) is 4. The van der Waals surface area contributed by atoms with Gasteiger partial charge in [0.25, 0.3) is 0 Å². The Morgan fingerprint density at radius 2 is 1.52 bits per heavy atom. The van der Waals surface area contributed by atoms with Gasteiger partial charge in [0.1, 0.15) is 0 Å². The molecule has 2 heterocycles. The van der Waals surface area contributed by atoms with Crippen molar-refractivity contribution in [2.24, 2.45) is 5.92 Å². The van der Waals surface area contributed by atoms with E-state index < -0.39 is 0 Å². The Kier molecular flexibility index (Phi) is 5.54. The van der Waals surface area contributed by atoms with E-state index in [1.807, 2.05) is 9.80 Å². The lowest BCUT2D eigenvalue weighted by atomic mass is 9.94. The molecule has 23 heavy (non-hydrogen) atoms. The van der Waals surface area contributed by atoms with Crippen LogP contribution in [0.4, 0.5) is 0 Å². The molecule has 2 aliphatic heterocycles. The second kappa shape index (κ2) is 7.62. The highest BCUT2D eigenvalue weighted by molar-refractivity contribution is 5.82. The molecule has 0 bridgehead atoms. The lowest BCUT2D eigenvalue weighted by Gasteiger charge is -2.42. The first-order valence-electron chi connectivity index (χ1n) is 9.03. The van der Waals surface area contributed by atoms with Crippen LogP contribution >= 0.6 is 0 Å². The van der Waals surface area contributed by atoms with Crippen molar-refractivity contribution in [2.45, 2.75) is 38.6 Å². The molecule has 3 aliphatic rings. The van der Waals surface area contributed by atoms with Gasteiger partial charge in [-0.05, 0) is 18.8 Å². The van der Waals surface area contributed by atoms with E-state index in [1.165, 1.54) is 12.8 Å². The number of carbonyl (C=O) groups is 2. The lowest BCUT2D eigenvalue weighted by Crippen LogP contribution is -2.59. The Morgan fingerprint density at radius 3 is 2.09 bits per heavy atom. The molecular weight excluding hydrogens is 294 g/mol. The van der Waals surface area contributed by atoms with Gasteiger partial charge < -0.3 is 14.5 Å². The molecule has 0 spiro atoms. The molecule has 1 saturated carbocycles. The normalized spacial score (nSPS) is 25.6. The van der Waals surface area contributed by atoms with E-state index in [-0.39, 0.29) is 17.9 Å². The van der Waals surface area contributed by atoms with Crippen molar-refractivity contribution in [2.75, 3.05) is 52.5 Å². The first-order valence-corrected chi connectivity index (χ1v) is 9.03. The van der Waals surface area contributed by atoms with Crippen molar-refractivity contribution in [3.8, 4) is 0 Å². The largest absolute Gasteiger partial charge is 0.378 e. The summed E-state index contributed by atoms with van der Waals surface area (Å²) in [6.07, 6.45) is 4.80. The van der Waals surface area contributed by atoms with Gasteiger partial charge in [-0.25, -0.2) is 0 Å². The van der Waals surface area contributed by atoms with Gasteiger partial charge in [-0.3, -0.25) is 14.5 Å². The second-order valence-electron chi connectivity index (χ2n) is 6.97. The summed E-state index contributed by atoms with van der Waals surface area (Å²) in [6.45, 7) is 7.49. The molecule has 130 valence electrons. The molecule has 2 amide bonds. The van der Waals surface area contributed by atoms with E-state index in [0.717, 1.165) is 52.1 Å². The van der Waals surface area contributed by atoms with Gasteiger partial charge in [0.2, 0.25) is 11.8 Å². The summed E-state index contributed by atoms with van der Waals surface area (Å²) in [4.78, 5) is 30.9. The molecular formula is C17H29N3O3. The summed E-state index contributed by atoms with van der Waals surface area (Å²) in [6, 6.07) is 0.00436. The number of hydrogen-bond donors (Lipinski definition) is 0. The molecule has 1 aliphatic carbocycles. The van der Waals surface area contributed by atoms with Crippen LogP contribution in [0.2, 0.25) is 0 Å². The van der Waals surface area contributed by atoms with Crippen LogP contribution in [0.5, 0.6) is 0 Å². The number of nitrogens with zero attached hydrogens (tertiary/aromatic N) is 3. The van der Waals surface area contributed by atoms with Gasteiger partial charge in [-0.15, -0.1) is 0 Å². The SMILES string of the molecule is CC(=O)N1CCN(C(C(=O)N2CCOCC2)C2CCCC2)CC1. The molecule has 1 atom stereocenters. The fourth-order valence-corrected chi connectivity index (χ4v) is 4.21. The van der Waals surface area contributed by atoms with E-state index in [2.05, 4.69) is 4.90 Å². The highest BCUT2D eigenvalue weighted by atomic mass is 16.5. The monoisotopic (exact) mass is 323 g/mol. The summed E-state index contributed by atoms with van der Waals surface area (Å²) in [5.74, 6) is 0.910. The molecule has 2 saturated heterocycles. The highest BCUT2D eigenvalue weighted by Gasteiger charge is 2.39. The van der Waals surface area contributed by atoms with Crippen molar-refractivity contribution in [1.29, 1.82) is 0 Å². The van der Waals surface area contributed by atoms with Gasteiger partial charge >= 0.3 is 0 Å². The van der Waals surface area contributed by atoms with Crippen LogP contribution in [0.3, 0.4) is 0 Å². The number of rotatable bonds is 3. The van der Waals surface area contributed by atoms with Gasteiger partial charge in [0.15, 0.2) is 0 Å². The van der Waals surface area contributed by atoms with Crippen molar-refractivity contribution in [3.63, 3.8) is 0 Å². The third-order valence-electron chi connectivity index (χ3n) is 5.58. The molecule has 0 N–H and O–H groups in total. The number of ether oxygens (including phenoxy) is 1. The Balaban J connectivity index is 1.68. The zero-order chi connectivity index (χ0) is 16.2. The Bertz CT molecular complexity index is 423. The van der Waals surface area contributed by atoms with Crippen LogP contribution < -0.4 is 0 Å². The summed E-state index contributed by atoms with van der Waals surface area (Å²) in [7, 11) is 0. The summed E-state index contributed by atoms with van der Waals surface area (Å²) < 4.78 is 5.39. The summed E-state index contributed by atoms with van der Waals surface area (Å²) in [5, 5.41) is 0. The second-order valence-corrected chi connectivity index (χ2v) is 6.97. The maximum absolute atomic E-state index is 13.1. The first kappa shape index (κ1) is 16.7. The van der Waals surface area contributed by atoms with Crippen molar-refractivity contribution in [1.82, 2.24) is 14.7 Å². The molecule has 6 heteroatoms. The van der Waals surface area contributed by atoms with Crippen LogP contribution in [0, 0.1) is 5.92 Å². The Morgan fingerprint density at radius 1 is 0.913 bits per heavy atom. The quantitative estimate of drug-likeness (QED) is 0.762. The predicted octanol–water partition coefficient (Wildman–Crippen LogP) is 0.568. The standard InChI is InChI=1S/C17H29N3O3/c1-14(21)18-6-8-19(9-7-18)16(15-4-2-3-5-15)17(22)20-10-12-23-13-11-20/h15-16H,2-13H2,1H3. The van der Waals surface area contributed by atoms with Crippen LogP contribution in [0.25, 0.3) is 0 Å². The minimum absolute atomic E-state index is 0.00436. The zero-order valence-corrected chi connectivity index (χ0v) is 14.2. The topological polar surface area (TPSA) is 53.1 Å². The van der Waals surface area contributed by atoms with E-state index in [4.69, 9.17) is 4.74 Å². The number of piperazine rings is 1. The minimum Gasteiger partial charge on any atom is -0.378 e. The maximum atomic E-state index is 13.1. The average molecular weight is 323 g/mol. The van der Waals surface area contributed by atoms with Crippen molar-refractivity contribution in [3.05, 3.63) is 0 Å². The highest BCUT2D eigenvalue weighted by Crippen LogP contribution is 2.32. The molecule has 0 aromatic carbocycles. The number of amides is 2. The van der Waals surface area contributed by atoms with E-state index in [9.17, 15) is 9.59 Å². The van der Waals surface area contributed by atoms with E-state index >= 15 is 0 Å². The fraction of sp³-hybridized carbons (Fsp3) is 0.882. The average Bonchev–Trinajstić information content (AvgIpc) is 3.10. The smallest absolute Gasteiger partial charge is 0.240 e. The summed E-state index contributed by atoms with van der Waals surface area (Å²) in [5.41, 5.74) is 0. The van der Waals surface area contributed by atoms with Crippen LogP contribution in [-0.4, -0.2) is 85.0 Å². The third kappa shape index (κ3) is 3.86. The van der Waals surface area contributed by atoms with Crippen LogP contribution in [-0.2, 0) is 14.3 Å². The molecule has 0 aromatic rings. The lowest BCUT2D eigenvalue weighted by molar-refractivity contribution is -0.145. The molecule has 0 aromatic heterocycles. The minimum atomic E-state index is 0.00436. The number of carbonyl (C=O) groups excluding carboxylic acids is 2. The van der Waals surface area contributed by atoms with Gasteiger partial charge in [-0.2, -0.15) is 0 Å². The Hall–Kier alpha value is -1.14. The van der Waals surface area contributed by atoms with Gasteiger partial charge in [-0.1, -0.05) is 12.8 Å². The molecule has 3 rings (SSSR count). The molecule has 0 radical (unpaired) electrons. The van der Waals surface area contributed by atoms with Crippen LogP contribution in [0.15, 0.2) is 0 Å². The zero-order valence-electron chi connectivity index (χ0n) is 14.2. The molecule has 6 nitrogen and oxygen atoms in total. The van der Waals surface area contributed by atoms with E-state index in [0.29, 0.717) is 19.1 Å². The van der Waals surface area contributed by atoms with Gasteiger partial charge in [0, 0.05) is 46.2 Å². The summed E-state index contributed by atoms with van der Waals surface area (Å²) >= 11 is 0. The predicted molar refractivity (Wildman–Crippen MR) is 87.0 cm³/mol. The van der Waals surface area contributed by atoms with Crippen molar-refractivity contribution >= 4 is 11.8 Å². The first-order chi connectivity index (χ1) is 11.2. The number of morpholine rings is 1. The molecule has 3 fully saturated rings. The van der Waals surface area contributed by atoms with Crippen LogP contribution in [0.1, 0.15) is 32.6 Å². The molecule has 1 unspecified atom stereocenters. The van der Waals surface area contributed by atoms with Crippen molar-refractivity contribution < 1.29 is 14.3 Å².